The van der Waals surface area contributed by atoms with Crippen LogP contribution < -0.4 is 0 Å². The Morgan fingerprint density at radius 2 is 1.77 bits per heavy atom. The molecule has 3 rings (SSSR count). The summed E-state index contributed by atoms with van der Waals surface area (Å²) in [5, 5.41) is 0. The van der Waals surface area contributed by atoms with Gasteiger partial charge in [-0.05, 0) is 51.3 Å². The van der Waals surface area contributed by atoms with Crippen molar-refractivity contribution in [1.82, 2.24) is 0 Å². The van der Waals surface area contributed by atoms with E-state index in [4.69, 9.17) is 9.47 Å². The molecule has 1 aliphatic heterocycles. The number of hydrogen-bond acceptors (Lipinski definition) is 4. The summed E-state index contributed by atoms with van der Waals surface area (Å²) in [5.41, 5.74) is -0.710. The van der Waals surface area contributed by atoms with Crippen molar-refractivity contribution in [3.05, 3.63) is 41.3 Å². The molecule has 0 aromatic heterocycles. The summed E-state index contributed by atoms with van der Waals surface area (Å²) in [6.45, 7) is 7.65. The van der Waals surface area contributed by atoms with Crippen LogP contribution in [0.25, 0.3) is 0 Å². The summed E-state index contributed by atoms with van der Waals surface area (Å²) in [6, 6.07) is 8.55. The van der Waals surface area contributed by atoms with E-state index in [9.17, 15) is 8.42 Å². The Balaban J connectivity index is 2.05. The summed E-state index contributed by atoms with van der Waals surface area (Å²) in [7, 11) is -3.48. The van der Waals surface area contributed by atoms with E-state index in [0.717, 1.165) is 0 Å². The molecule has 0 radical (unpaired) electrons. The van der Waals surface area contributed by atoms with Crippen molar-refractivity contribution in [3.63, 3.8) is 0 Å². The maximum absolute atomic E-state index is 12.9. The minimum absolute atomic E-state index is 0.0743. The van der Waals surface area contributed by atoms with E-state index in [-0.39, 0.29) is 12.0 Å². The van der Waals surface area contributed by atoms with Crippen molar-refractivity contribution in [1.29, 1.82) is 0 Å². The maximum atomic E-state index is 12.9. The Hall–Kier alpha value is -1.17. The molecule has 2 aliphatic rings. The molecular formula is C17H22O4S. The molecule has 1 aliphatic carbocycles. The third kappa shape index (κ3) is 2.51. The standard InChI is InChI=1S/C17H22O4S/c1-12-10-14(22(18,19)13-8-6-5-7-9-13)11-17(4)15(12)20-16(2,3)21-17/h5-9,11-12,15H,10H2,1-4H3/t12-,15-,17+/m0/s1. The van der Waals surface area contributed by atoms with E-state index in [1.54, 1.807) is 30.3 Å². The van der Waals surface area contributed by atoms with E-state index in [1.807, 2.05) is 33.8 Å². The van der Waals surface area contributed by atoms with E-state index in [1.165, 1.54) is 0 Å². The Bertz CT molecular complexity index is 705. The van der Waals surface area contributed by atoms with E-state index < -0.39 is 21.2 Å². The first-order valence-electron chi connectivity index (χ1n) is 7.54. The fraction of sp³-hybridized carbons (Fsp3) is 0.529. The van der Waals surface area contributed by atoms with Crippen LogP contribution in [0.4, 0.5) is 0 Å². The topological polar surface area (TPSA) is 52.6 Å². The van der Waals surface area contributed by atoms with Crippen molar-refractivity contribution >= 4 is 9.84 Å². The smallest absolute Gasteiger partial charge is 0.202 e. The predicted octanol–water partition coefficient (Wildman–Crippen LogP) is 3.29. The minimum Gasteiger partial charge on any atom is -0.344 e. The number of allylic oxidation sites excluding steroid dienone is 1. The van der Waals surface area contributed by atoms with E-state index in [2.05, 4.69) is 0 Å². The Morgan fingerprint density at radius 1 is 1.14 bits per heavy atom. The minimum atomic E-state index is -3.48. The summed E-state index contributed by atoms with van der Waals surface area (Å²) in [5.74, 6) is -0.624. The lowest BCUT2D eigenvalue weighted by Gasteiger charge is -2.35. The lowest BCUT2D eigenvalue weighted by Crippen LogP contribution is -2.43. The number of fused-ring (bicyclic) bond motifs is 1. The zero-order chi connectivity index (χ0) is 16.2. The molecule has 0 spiro atoms. The van der Waals surface area contributed by atoms with Crippen LogP contribution in [0.15, 0.2) is 46.2 Å². The van der Waals surface area contributed by atoms with Crippen molar-refractivity contribution in [2.24, 2.45) is 5.92 Å². The van der Waals surface area contributed by atoms with Gasteiger partial charge in [0, 0.05) is 4.91 Å². The molecule has 0 saturated carbocycles. The monoisotopic (exact) mass is 322 g/mol. The first-order chi connectivity index (χ1) is 10.1. The molecule has 0 N–H and O–H groups in total. The van der Waals surface area contributed by atoms with Crippen molar-refractivity contribution in [2.75, 3.05) is 0 Å². The van der Waals surface area contributed by atoms with Crippen LogP contribution in [0.2, 0.25) is 0 Å². The van der Waals surface area contributed by atoms with Gasteiger partial charge < -0.3 is 9.47 Å². The van der Waals surface area contributed by atoms with E-state index in [0.29, 0.717) is 16.2 Å². The molecule has 3 atom stereocenters. The summed E-state index contributed by atoms with van der Waals surface area (Å²) < 4.78 is 37.7. The summed E-state index contributed by atoms with van der Waals surface area (Å²) in [4.78, 5) is 0.750. The van der Waals surface area contributed by atoms with Gasteiger partial charge in [-0.15, -0.1) is 0 Å². The Kier molecular flexibility index (Phi) is 3.51. The molecule has 1 heterocycles. The molecule has 1 aromatic carbocycles. The van der Waals surface area contributed by atoms with Gasteiger partial charge in [0.15, 0.2) is 5.79 Å². The van der Waals surface area contributed by atoms with Crippen LogP contribution in [-0.4, -0.2) is 25.9 Å². The third-order valence-corrected chi connectivity index (χ3v) is 6.20. The number of sulfone groups is 1. The van der Waals surface area contributed by atoms with Gasteiger partial charge in [-0.3, -0.25) is 0 Å². The molecule has 4 nitrogen and oxygen atoms in total. The molecule has 120 valence electrons. The fourth-order valence-corrected chi connectivity index (χ4v) is 5.26. The highest BCUT2D eigenvalue weighted by Gasteiger charge is 2.54. The molecule has 1 aromatic rings. The van der Waals surface area contributed by atoms with Crippen LogP contribution in [-0.2, 0) is 19.3 Å². The van der Waals surface area contributed by atoms with Crippen molar-refractivity contribution < 1.29 is 17.9 Å². The van der Waals surface area contributed by atoms with Gasteiger partial charge in [0.05, 0.1) is 11.0 Å². The van der Waals surface area contributed by atoms with Crippen LogP contribution in [0, 0.1) is 5.92 Å². The fourth-order valence-electron chi connectivity index (χ4n) is 3.57. The predicted molar refractivity (Wildman–Crippen MR) is 83.9 cm³/mol. The lowest BCUT2D eigenvalue weighted by molar-refractivity contribution is -0.155. The van der Waals surface area contributed by atoms with Gasteiger partial charge in [0.1, 0.15) is 5.60 Å². The molecule has 5 heteroatoms. The second-order valence-corrected chi connectivity index (χ2v) is 8.84. The number of benzene rings is 1. The Morgan fingerprint density at radius 3 is 2.41 bits per heavy atom. The van der Waals surface area contributed by atoms with Crippen molar-refractivity contribution in [2.45, 2.75) is 56.5 Å². The lowest BCUT2D eigenvalue weighted by atomic mass is 9.82. The molecule has 1 saturated heterocycles. The van der Waals surface area contributed by atoms with Crippen LogP contribution in [0.3, 0.4) is 0 Å². The second kappa shape index (κ2) is 4.91. The van der Waals surface area contributed by atoms with Crippen molar-refractivity contribution in [3.8, 4) is 0 Å². The number of ether oxygens (including phenoxy) is 2. The summed E-state index contributed by atoms with van der Waals surface area (Å²) in [6.07, 6.45) is 2.09. The van der Waals surface area contributed by atoms with Crippen LogP contribution in [0.5, 0.6) is 0 Å². The maximum Gasteiger partial charge on any atom is 0.202 e. The Labute approximate surface area is 132 Å². The van der Waals surface area contributed by atoms with Gasteiger partial charge in [-0.25, -0.2) is 8.42 Å². The molecule has 1 fully saturated rings. The van der Waals surface area contributed by atoms with Gasteiger partial charge in [-0.1, -0.05) is 25.1 Å². The average molecular weight is 322 g/mol. The van der Waals surface area contributed by atoms with Gasteiger partial charge in [-0.2, -0.15) is 0 Å². The molecule has 0 unspecified atom stereocenters. The SMILES string of the molecule is C[C@H]1CC(S(=O)(=O)c2ccccc2)=C[C@@]2(C)OC(C)(C)O[C@@H]12. The molecule has 22 heavy (non-hydrogen) atoms. The van der Waals surface area contributed by atoms with Crippen LogP contribution >= 0.6 is 0 Å². The molecule has 0 bridgehead atoms. The first kappa shape index (κ1) is 15.7. The molecule has 0 amide bonds. The zero-order valence-corrected chi connectivity index (χ0v) is 14.2. The van der Waals surface area contributed by atoms with Gasteiger partial charge in [0.2, 0.25) is 9.84 Å². The normalized spacial score (nSPS) is 34.1. The van der Waals surface area contributed by atoms with Crippen LogP contribution in [0.1, 0.15) is 34.1 Å². The quantitative estimate of drug-likeness (QED) is 0.838. The number of rotatable bonds is 2. The van der Waals surface area contributed by atoms with E-state index >= 15 is 0 Å². The second-order valence-electron chi connectivity index (χ2n) is 6.83. The van der Waals surface area contributed by atoms with Gasteiger partial charge >= 0.3 is 0 Å². The highest BCUT2D eigenvalue weighted by atomic mass is 32.2. The highest BCUT2D eigenvalue weighted by molar-refractivity contribution is 7.95. The first-order valence-corrected chi connectivity index (χ1v) is 9.02. The highest BCUT2D eigenvalue weighted by Crippen LogP contribution is 2.47. The number of hydrogen-bond donors (Lipinski definition) is 0. The third-order valence-electron chi connectivity index (χ3n) is 4.33. The van der Waals surface area contributed by atoms with Gasteiger partial charge in [0.25, 0.3) is 0 Å². The zero-order valence-electron chi connectivity index (χ0n) is 13.4. The average Bonchev–Trinajstić information content (AvgIpc) is 2.69. The summed E-state index contributed by atoms with van der Waals surface area (Å²) >= 11 is 0. The largest absolute Gasteiger partial charge is 0.344 e. The molecular weight excluding hydrogens is 300 g/mol.